The Hall–Kier alpha value is -2.59. The van der Waals surface area contributed by atoms with E-state index in [-0.39, 0.29) is 5.82 Å². The zero-order valence-electron chi connectivity index (χ0n) is 18.2. The van der Waals surface area contributed by atoms with E-state index in [1.807, 2.05) is 42.7 Å². The van der Waals surface area contributed by atoms with Crippen molar-refractivity contribution < 1.29 is 9.13 Å². The van der Waals surface area contributed by atoms with Gasteiger partial charge in [-0.1, -0.05) is 46.7 Å². The zero-order chi connectivity index (χ0) is 21.8. The smallest absolute Gasteiger partial charge is 0.214 e. The van der Waals surface area contributed by atoms with Gasteiger partial charge >= 0.3 is 0 Å². The minimum Gasteiger partial charge on any atom is -0.473 e. The standard InChI is InChI=1S/C26H30FNOS/c1-20(2)6-5-7-21(3)16-18-29-26(28-24-12-8-22(4)9-13-24)17-19-30-25-14-10-23(27)11-15-25/h6,8-17,19H,5,7,18H2,1-4H3/b19-17?,21-16+,28-26?. The fourth-order valence-electron chi connectivity index (χ4n) is 2.51. The first kappa shape index (κ1) is 23.7. The summed E-state index contributed by atoms with van der Waals surface area (Å²) in [4.78, 5) is 5.58. The fourth-order valence-corrected chi connectivity index (χ4v) is 3.14. The molecule has 0 aliphatic carbocycles. The van der Waals surface area contributed by atoms with Crippen LogP contribution in [-0.2, 0) is 4.74 Å². The Morgan fingerprint density at radius 1 is 1.00 bits per heavy atom. The third-order valence-corrected chi connectivity index (χ3v) is 5.07. The number of allylic oxidation sites excluding steroid dienone is 3. The van der Waals surface area contributed by atoms with Crippen molar-refractivity contribution in [1.82, 2.24) is 0 Å². The summed E-state index contributed by atoms with van der Waals surface area (Å²) >= 11 is 1.49. The second kappa shape index (κ2) is 12.9. The quantitative estimate of drug-likeness (QED) is 0.175. The van der Waals surface area contributed by atoms with Gasteiger partial charge < -0.3 is 4.74 Å². The summed E-state index contributed by atoms with van der Waals surface area (Å²) in [6.45, 7) is 8.88. The first-order valence-corrected chi connectivity index (χ1v) is 11.0. The minimum absolute atomic E-state index is 0.236. The van der Waals surface area contributed by atoms with Crippen molar-refractivity contribution in [2.45, 2.75) is 45.4 Å². The number of nitrogens with zero attached hydrogens (tertiary/aromatic N) is 1. The van der Waals surface area contributed by atoms with Crippen LogP contribution in [0, 0.1) is 12.7 Å². The maximum atomic E-state index is 13.1. The molecule has 0 spiro atoms. The van der Waals surface area contributed by atoms with E-state index >= 15 is 0 Å². The molecule has 0 heterocycles. The van der Waals surface area contributed by atoms with Crippen LogP contribution in [-0.4, -0.2) is 12.5 Å². The van der Waals surface area contributed by atoms with Gasteiger partial charge in [0.2, 0.25) is 5.90 Å². The molecule has 30 heavy (non-hydrogen) atoms. The molecule has 2 aromatic carbocycles. The zero-order valence-corrected chi connectivity index (χ0v) is 19.0. The van der Waals surface area contributed by atoms with Crippen LogP contribution >= 0.6 is 11.8 Å². The van der Waals surface area contributed by atoms with E-state index in [1.54, 1.807) is 12.1 Å². The maximum Gasteiger partial charge on any atom is 0.214 e. The number of benzene rings is 2. The highest BCUT2D eigenvalue weighted by molar-refractivity contribution is 8.02. The lowest BCUT2D eigenvalue weighted by molar-refractivity contribution is 0.352. The van der Waals surface area contributed by atoms with Crippen LogP contribution in [0.3, 0.4) is 0 Å². The number of rotatable bonds is 9. The SMILES string of the molecule is CC(C)=CCC/C(C)=C/COC(C=CSc1ccc(F)cc1)=Nc1ccc(C)cc1. The number of aryl methyl sites for hydroxylation is 1. The highest BCUT2D eigenvalue weighted by atomic mass is 32.2. The van der Waals surface area contributed by atoms with Gasteiger partial charge in [0.1, 0.15) is 12.4 Å². The molecule has 0 saturated carbocycles. The van der Waals surface area contributed by atoms with Gasteiger partial charge in [-0.25, -0.2) is 9.38 Å². The fraction of sp³-hybridized carbons (Fsp3) is 0.269. The maximum absolute atomic E-state index is 13.1. The lowest BCUT2D eigenvalue weighted by Gasteiger charge is -2.06. The average molecular weight is 424 g/mol. The topological polar surface area (TPSA) is 21.6 Å². The molecule has 0 aromatic heterocycles. The molecule has 0 bridgehead atoms. The van der Waals surface area contributed by atoms with Crippen LogP contribution in [0.1, 0.15) is 39.2 Å². The molecule has 2 nitrogen and oxygen atoms in total. The van der Waals surface area contributed by atoms with Gasteiger partial charge in [0.25, 0.3) is 0 Å². The predicted octanol–water partition coefficient (Wildman–Crippen LogP) is 8.18. The van der Waals surface area contributed by atoms with Crippen LogP contribution in [0.5, 0.6) is 0 Å². The summed E-state index contributed by atoms with van der Waals surface area (Å²) in [6, 6.07) is 14.4. The van der Waals surface area contributed by atoms with Crippen LogP contribution in [0.2, 0.25) is 0 Å². The van der Waals surface area contributed by atoms with Crippen molar-refractivity contribution >= 4 is 23.3 Å². The molecule has 0 N–H and O–H groups in total. The number of thioether (sulfide) groups is 1. The normalized spacial score (nSPS) is 12.3. The predicted molar refractivity (Wildman–Crippen MR) is 128 cm³/mol. The molecule has 0 aliphatic rings. The Kier molecular flexibility index (Phi) is 10.2. The molecule has 0 amide bonds. The van der Waals surface area contributed by atoms with Gasteiger partial charge in [-0.15, -0.1) is 0 Å². The molecular formula is C26H30FNOS. The molecule has 4 heteroatoms. The van der Waals surface area contributed by atoms with Gasteiger partial charge in [0.15, 0.2) is 0 Å². The number of aliphatic imine (C=N–C) groups is 1. The Labute approximate surface area is 184 Å². The highest BCUT2D eigenvalue weighted by Gasteiger charge is 1.99. The number of ether oxygens (including phenoxy) is 1. The highest BCUT2D eigenvalue weighted by Crippen LogP contribution is 2.20. The van der Waals surface area contributed by atoms with Crippen molar-refractivity contribution in [2.75, 3.05) is 6.61 Å². The molecule has 0 fully saturated rings. The molecule has 0 unspecified atom stereocenters. The third-order valence-electron chi connectivity index (χ3n) is 4.26. The summed E-state index contributed by atoms with van der Waals surface area (Å²) in [7, 11) is 0. The van der Waals surface area contributed by atoms with Gasteiger partial charge in [0, 0.05) is 11.0 Å². The Balaban J connectivity index is 2.03. The molecule has 2 aromatic rings. The van der Waals surface area contributed by atoms with E-state index in [0.717, 1.165) is 23.4 Å². The summed E-state index contributed by atoms with van der Waals surface area (Å²) < 4.78 is 19.0. The number of halogens is 1. The van der Waals surface area contributed by atoms with Crippen LogP contribution < -0.4 is 0 Å². The van der Waals surface area contributed by atoms with Crippen molar-refractivity contribution in [3.63, 3.8) is 0 Å². The van der Waals surface area contributed by atoms with Crippen molar-refractivity contribution in [1.29, 1.82) is 0 Å². The van der Waals surface area contributed by atoms with E-state index in [1.165, 1.54) is 40.6 Å². The molecule has 2 rings (SSSR count). The molecular weight excluding hydrogens is 393 g/mol. The monoisotopic (exact) mass is 423 g/mol. The van der Waals surface area contributed by atoms with Crippen LogP contribution in [0.15, 0.2) is 93.2 Å². The lowest BCUT2D eigenvalue weighted by atomic mass is 10.1. The average Bonchev–Trinajstić information content (AvgIpc) is 2.70. The summed E-state index contributed by atoms with van der Waals surface area (Å²) in [5, 5.41) is 1.91. The van der Waals surface area contributed by atoms with Crippen molar-refractivity contribution in [2.24, 2.45) is 4.99 Å². The molecule has 158 valence electrons. The largest absolute Gasteiger partial charge is 0.473 e. The first-order valence-electron chi connectivity index (χ1n) is 10.1. The van der Waals surface area contributed by atoms with E-state index in [0.29, 0.717) is 12.5 Å². The third kappa shape index (κ3) is 9.75. The number of hydrogen-bond donors (Lipinski definition) is 0. The summed E-state index contributed by atoms with van der Waals surface area (Å²) in [5.41, 5.74) is 4.67. The van der Waals surface area contributed by atoms with Gasteiger partial charge in [-0.05, 0) is 88.4 Å². The Bertz CT molecular complexity index is 905. The van der Waals surface area contributed by atoms with Gasteiger partial charge in [-0.3, -0.25) is 0 Å². The van der Waals surface area contributed by atoms with E-state index in [9.17, 15) is 4.39 Å². The van der Waals surface area contributed by atoms with Crippen LogP contribution in [0.25, 0.3) is 0 Å². The Morgan fingerprint density at radius 2 is 1.70 bits per heavy atom. The molecule has 0 radical (unpaired) electrons. The summed E-state index contributed by atoms with van der Waals surface area (Å²) in [6.07, 6.45) is 8.26. The Morgan fingerprint density at radius 3 is 2.37 bits per heavy atom. The molecule has 0 atom stereocenters. The van der Waals surface area contributed by atoms with Crippen molar-refractivity contribution in [3.8, 4) is 0 Å². The molecule has 0 aliphatic heterocycles. The number of hydrogen-bond acceptors (Lipinski definition) is 3. The first-order chi connectivity index (χ1) is 14.4. The lowest BCUT2D eigenvalue weighted by Crippen LogP contribution is -2.01. The van der Waals surface area contributed by atoms with E-state index in [4.69, 9.17) is 4.74 Å². The van der Waals surface area contributed by atoms with E-state index in [2.05, 4.69) is 37.9 Å². The second-order valence-corrected chi connectivity index (χ2v) is 8.32. The van der Waals surface area contributed by atoms with Gasteiger partial charge in [-0.2, -0.15) is 0 Å². The second-order valence-electron chi connectivity index (χ2n) is 7.34. The molecule has 0 saturated heterocycles. The van der Waals surface area contributed by atoms with Crippen molar-refractivity contribution in [3.05, 3.63) is 94.7 Å². The minimum atomic E-state index is -0.236. The van der Waals surface area contributed by atoms with Crippen LogP contribution in [0.4, 0.5) is 10.1 Å². The van der Waals surface area contributed by atoms with E-state index < -0.39 is 0 Å². The summed E-state index contributed by atoms with van der Waals surface area (Å²) in [5.74, 6) is 0.307. The van der Waals surface area contributed by atoms with Gasteiger partial charge in [0.05, 0.1) is 5.69 Å².